The van der Waals surface area contributed by atoms with Crippen molar-refractivity contribution in [2.24, 2.45) is 0 Å². The number of rotatable bonds is 4. The van der Waals surface area contributed by atoms with Crippen LogP contribution in [0.5, 0.6) is 0 Å². The Bertz CT molecular complexity index is 991. The number of fused-ring (bicyclic) bond motifs is 1. The fourth-order valence-corrected chi connectivity index (χ4v) is 4.78. The minimum atomic E-state index is 0.204. The van der Waals surface area contributed by atoms with Gasteiger partial charge in [0.05, 0.1) is 16.6 Å². The summed E-state index contributed by atoms with van der Waals surface area (Å²) in [5.41, 5.74) is 4.41. The molecule has 146 valence electrons. The lowest BCUT2D eigenvalue weighted by Crippen LogP contribution is -2.49. The van der Waals surface area contributed by atoms with Gasteiger partial charge in [0.25, 0.3) is 0 Å². The number of anilines is 1. The van der Waals surface area contributed by atoms with E-state index in [0.29, 0.717) is 6.42 Å². The van der Waals surface area contributed by atoms with E-state index in [1.807, 2.05) is 24.0 Å². The smallest absolute Gasteiger partial charge is 0.227 e. The van der Waals surface area contributed by atoms with E-state index in [1.165, 1.54) is 5.56 Å². The third-order valence-electron chi connectivity index (χ3n) is 5.43. The van der Waals surface area contributed by atoms with Gasteiger partial charge in [-0.3, -0.25) is 4.79 Å². The lowest BCUT2D eigenvalue weighted by molar-refractivity contribution is -0.130. The van der Waals surface area contributed by atoms with Crippen LogP contribution in [0, 0.1) is 6.92 Å². The Morgan fingerprint density at radius 1 is 1.07 bits per heavy atom. The van der Waals surface area contributed by atoms with Crippen molar-refractivity contribution in [2.45, 2.75) is 26.7 Å². The van der Waals surface area contributed by atoms with E-state index in [1.54, 1.807) is 11.3 Å². The zero-order chi connectivity index (χ0) is 19.7. The molecule has 2 aromatic carbocycles. The first kappa shape index (κ1) is 19.2. The zero-order valence-electron chi connectivity index (χ0n) is 16.2. The van der Waals surface area contributed by atoms with Crippen molar-refractivity contribution in [2.75, 3.05) is 31.1 Å². The molecule has 1 saturated heterocycles. The van der Waals surface area contributed by atoms with E-state index in [4.69, 9.17) is 16.6 Å². The van der Waals surface area contributed by atoms with Crippen LogP contribution in [0.3, 0.4) is 0 Å². The maximum Gasteiger partial charge on any atom is 0.227 e. The van der Waals surface area contributed by atoms with Crippen LogP contribution in [0.25, 0.3) is 10.2 Å². The molecule has 0 spiro atoms. The molecule has 1 amide bonds. The van der Waals surface area contributed by atoms with Gasteiger partial charge in [-0.25, -0.2) is 4.98 Å². The topological polar surface area (TPSA) is 36.4 Å². The molecule has 0 radical (unpaired) electrons. The Balaban J connectivity index is 1.38. The first-order chi connectivity index (χ1) is 13.5. The predicted octanol–water partition coefficient (Wildman–Crippen LogP) is 4.71. The maximum absolute atomic E-state index is 12.7. The first-order valence-electron chi connectivity index (χ1n) is 9.71. The number of thiazole rings is 1. The average Bonchev–Trinajstić information content (AvgIpc) is 3.16. The number of hydrogen-bond donors (Lipinski definition) is 0. The molecule has 28 heavy (non-hydrogen) atoms. The number of amides is 1. The molecule has 0 unspecified atom stereocenters. The van der Waals surface area contributed by atoms with Gasteiger partial charge in [0.1, 0.15) is 0 Å². The molecule has 0 aliphatic carbocycles. The third-order valence-corrected chi connectivity index (χ3v) is 6.92. The van der Waals surface area contributed by atoms with Crippen molar-refractivity contribution >= 4 is 44.2 Å². The number of halogens is 1. The van der Waals surface area contributed by atoms with Crippen molar-refractivity contribution in [3.63, 3.8) is 0 Å². The van der Waals surface area contributed by atoms with Crippen LogP contribution >= 0.6 is 22.9 Å². The first-order valence-corrected chi connectivity index (χ1v) is 10.9. The van der Waals surface area contributed by atoms with E-state index in [9.17, 15) is 4.79 Å². The van der Waals surface area contributed by atoms with Crippen LogP contribution in [0.15, 0.2) is 36.4 Å². The van der Waals surface area contributed by atoms with Crippen molar-refractivity contribution in [1.29, 1.82) is 0 Å². The van der Waals surface area contributed by atoms with E-state index in [2.05, 4.69) is 36.1 Å². The lowest BCUT2D eigenvalue weighted by atomic mass is 10.1. The summed E-state index contributed by atoms with van der Waals surface area (Å²) >= 11 is 7.92. The van der Waals surface area contributed by atoms with Gasteiger partial charge in [0.2, 0.25) is 5.91 Å². The number of aryl methyl sites for hydroxylation is 2. The van der Waals surface area contributed by atoms with Crippen molar-refractivity contribution in [3.8, 4) is 0 Å². The summed E-state index contributed by atoms with van der Waals surface area (Å²) in [7, 11) is 0. The molecule has 6 heteroatoms. The normalized spacial score (nSPS) is 14.7. The number of aromatic nitrogens is 1. The number of carbonyl (C=O) groups is 1. The molecule has 0 saturated carbocycles. The highest BCUT2D eigenvalue weighted by atomic mass is 35.5. The summed E-state index contributed by atoms with van der Waals surface area (Å²) < 4.78 is 1.16. The second-order valence-electron chi connectivity index (χ2n) is 7.23. The molecule has 0 atom stereocenters. The fourth-order valence-electron chi connectivity index (χ4n) is 3.55. The van der Waals surface area contributed by atoms with Crippen LogP contribution in [-0.4, -0.2) is 42.0 Å². The molecule has 1 aliphatic rings. The Labute approximate surface area is 174 Å². The summed E-state index contributed by atoms with van der Waals surface area (Å²) in [6, 6.07) is 12.3. The van der Waals surface area contributed by atoms with Crippen LogP contribution < -0.4 is 4.90 Å². The van der Waals surface area contributed by atoms with E-state index in [-0.39, 0.29) is 5.91 Å². The highest BCUT2D eigenvalue weighted by Gasteiger charge is 2.23. The summed E-state index contributed by atoms with van der Waals surface area (Å²) in [5, 5.41) is 1.77. The molecular formula is C22H24ClN3OS. The number of carbonyl (C=O) groups excluding carboxylic acids is 1. The minimum absolute atomic E-state index is 0.204. The van der Waals surface area contributed by atoms with Crippen molar-refractivity contribution in [1.82, 2.24) is 9.88 Å². The molecule has 1 aromatic heterocycles. The quantitative estimate of drug-likeness (QED) is 0.621. The Morgan fingerprint density at radius 3 is 2.43 bits per heavy atom. The van der Waals surface area contributed by atoms with Crippen LogP contribution in [0.2, 0.25) is 5.02 Å². The summed E-state index contributed by atoms with van der Waals surface area (Å²) in [5.74, 6) is 0.204. The molecule has 1 aliphatic heterocycles. The molecule has 4 rings (SSSR count). The van der Waals surface area contributed by atoms with Crippen molar-refractivity contribution < 1.29 is 4.79 Å². The summed E-state index contributed by atoms with van der Waals surface area (Å²) in [6.07, 6.45) is 1.50. The average molecular weight is 414 g/mol. The zero-order valence-corrected chi connectivity index (χ0v) is 17.8. The predicted molar refractivity (Wildman–Crippen MR) is 118 cm³/mol. The SMILES string of the molecule is CCc1ccc(CC(=O)N2CCN(c3nc4c(C)c(Cl)ccc4s3)CC2)cc1. The maximum atomic E-state index is 12.7. The summed E-state index contributed by atoms with van der Waals surface area (Å²) in [4.78, 5) is 21.7. The van der Waals surface area contributed by atoms with Gasteiger partial charge in [-0.05, 0) is 42.2 Å². The van der Waals surface area contributed by atoms with Crippen LogP contribution in [0.4, 0.5) is 5.13 Å². The van der Waals surface area contributed by atoms with Gasteiger partial charge >= 0.3 is 0 Å². The highest BCUT2D eigenvalue weighted by molar-refractivity contribution is 7.22. The number of benzene rings is 2. The van der Waals surface area contributed by atoms with Gasteiger partial charge in [-0.2, -0.15) is 0 Å². The van der Waals surface area contributed by atoms with Gasteiger partial charge in [-0.15, -0.1) is 0 Å². The fraction of sp³-hybridized carbons (Fsp3) is 0.364. The monoisotopic (exact) mass is 413 g/mol. The van der Waals surface area contributed by atoms with Gasteiger partial charge in [-0.1, -0.05) is 54.1 Å². The van der Waals surface area contributed by atoms with Gasteiger partial charge in [0.15, 0.2) is 5.13 Å². The van der Waals surface area contributed by atoms with E-state index >= 15 is 0 Å². The number of piperazine rings is 1. The Hall–Kier alpha value is -2.11. The van der Waals surface area contributed by atoms with Gasteiger partial charge in [0, 0.05) is 31.2 Å². The van der Waals surface area contributed by atoms with E-state index in [0.717, 1.165) is 64.1 Å². The molecule has 2 heterocycles. The lowest BCUT2D eigenvalue weighted by Gasteiger charge is -2.34. The second-order valence-corrected chi connectivity index (χ2v) is 8.65. The number of nitrogens with zero attached hydrogens (tertiary/aromatic N) is 3. The number of hydrogen-bond acceptors (Lipinski definition) is 4. The van der Waals surface area contributed by atoms with Gasteiger partial charge < -0.3 is 9.80 Å². The molecule has 1 fully saturated rings. The molecular weight excluding hydrogens is 390 g/mol. The largest absolute Gasteiger partial charge is 0.345 e. The highest BCUT2D eigenvalue weighted by Crippen LogP contribution is 2.33. The Morgan fingerprint density at radius 2 is 1.75 bits per heavy atom. The third kappa shape index (κ3) is 3.87. The molecule has 3 aromatic rings. The molecule has 4 nitrogen and oxygen atoms in total. The van der Waals surface area contributed by atoms with Crippen molar-refractivity contribution in [3.05, 3.63) is 58.1 Å². The summed E-state index contributed by atoms with van der Waals surface area (Å²) in [6.45, 7) is 7.25. The van der Waals surface area contributed by atoms with Crippen LogP contribution in [0.1, 0.15) is 23.6 Å². The standard InChI is InChI=1S/C22H24ClN3OS/c1-3-16-4-6-17(7-5-16)14-20(27)25-10-12-26(13-11-25)22-24-21-15(2)18(23)8-9-19(21)28-22/h4-9H,3,10-14H2,1-2H3. The Kier molecular flexibility index (Phi) is 5.56. The van der Waals surface area contributed by atoms with E-state index < -0.39 is 0 Å². The minimum Gasteiger partial charge on any atom is -0.345 e. The van der Waals surface area contributed by atoms with Crippen LogP contribution in [-0.2, 0) is 17.6 Å². The molecule has 0 bridgehead atoms. The second kappa shape index (κ2) is 8.10. The molecule has 0 N–H and O–H groups in total.